The van der Waals surface area contributed by atoms with Crippen LogP contribution in [0.5, 0.6) is 5.75 Å². The molecular formula is C19H17F4NO4. The van der Waals surface area contributed by atoms with Gasteiger partial charge in [0.05, 0.1) is 18.2 Å². The van der Waals surface area contributed by atoms with E-state index < -0.39 is 29.8 Å². The van der Waals surface area contributed by atoms with Crippen LogP contribution in [0.15, 0.2) is 42.5 Å². The highest BCUT2D eigenvalue weighted by Gasteiger charge is 2.30. The maximum Gasteiger partial charge on any atom is 0.416 e. The molecule has 0 spiro atoms. The van der Waals surface area contributed by atoms with Gasteiger partial charge in [0, 0.05) is 6.54 Å². The van der Waals surface area contributed by atoms with E-state index in [0.717, 1.165) is 12.1 Å². The molecular weight excluding hydrogens is 382 g/mol. The molecule has 9 heteroatoms. The van der Waals surface area contributed by atoms with Gasteiger partial charge in [-0.05, 0) is 41.8 Å². The number of nitrogens with one attached hydrogen (secondary N) is 1. The molecule has 1 atom stereocenters. The SMILES string of the molecule is COc1cc(C(=O)O)ccc1CCNC(=O)C(F)c1ccc(C(F)(F)F)cc1. The molecule has 0 fully saturated rings. The quantitative estimate of drug-likeness (QED) is 0.695. The number of carboxylic acid groups (broad SMARTS) is 1. The van der Waals surface area contributed by atoms with Crippen LogP contribution in [0.1, 0.15) is 33.2 Å². The molecule has 0 aromatic heterocycles. The second-order valence-corrected chi connectivity index (χ2v) is 5.86. The predicted octanol–water partition coefficient (Wildman–Crippen LogP) is 3.78. The normalized spacial score (nSPS) is 12.3. The Hall–Kier alpha value is -3.10. The molecule has 0 aliphatic carbocycles. The minimum Gasteiger partial charge on any atom is -0.496 e. The zero-order chi connectivity index (χ0) is 20.9. The van der Waals surface area contributed by atoms with Gasteiger partial charge in [-0.25, -0.2) is 9.18 Å². The number of benzene rings is 2. The van der Waals surface area contributed by atoms with E-state index in [4.69, 9.17) is 9.84 Å². The Morgan fingerprint density at radius 2 is 1.79 bits per heavy atom. The fourth-order valence-corrected chi connectivity index (χ4v) is 2.49. The molecule has 0 saturated carbocycles. The van der Waals surface area contributed by atoms with Crippen molar-refractivity contribution in [2.24, 2.45) is 0 Å². The standard InChI is InChI=1S/C19H17F4NO4/c1-28-15-10-13(18(26)27)3-2-11(15)8-9-24-17(25)16(20)12-4-6-14(7-5-12)19(21,22)23/h2-7,10,16H,8-9H2,1H3,(H,24,25)(H,26,27). The maximum atomic E-state index is 14.2. The summed E-state index contributed by atoms with van der Waals surface area (Å²) in [6.45, 7) is 0.0304. The fourth-order valence-electron chi connectivity index (χ4n) is 2.49. The van der Waals surface area contributed by atoms with E-state index >= 15 is 0 Å². The Balaban J connectivity index is 1.96. The summed E-state index contributed by atoms with van der Waals surface area (Å²) in [4.78, 5) is 22.8. The van der Waals surface area contributed by atoms with Crippen LogP contribution in [-0.4, -0.2) is 30.6 Å². The summed E-state index contributed by atoms with van der Waals surface area (Å²) in [5.74, 6) is -1.79. The average molecular weight is 399 g/mol. The Morgan fingerprint density at radius 3 is 2.32 bits per heavy atom. The molecule has 0 bridgehead atoms. The van der Waals surface area contributed by atoms with Gasteiger partial charge in [-0.3, -0.25) is 4.79 Å². The molecule has 0 saturated heterocycles. The third-order valence-corrected chi connectivity index (χ3v) is 3.99. The van der Waals surface area contributed by atoms with Crippen molar-refractivity contribution in [2.45, 2.75) is 18.8 Å². The smallest absolute Gasteiger partial charge is 0.416 e. The van der Waals surface area contributed by atoms with Crippen LogP contribution < -0.4 is 10.1 Å². The molecule has 1 unspecified atom stereocenters. The van der Waals surface area contributed by atoms with Gasteiger partial charge < -0.3 is 15.2 Å². The topological polar surface area (TPSA) is 75.6 Å². The molecule has 0 aliphatic heterocycles. The van der Waals surface area contributed by atoms with Gasteiger partial charge in [0.25, 0.3) is 5.91 Å². The number of rotatable bonds is 7. The second kappa shape index (κ2) is 8.73. The van der Waals surface area contributed by atoms with Crippen molar-refractivity contribution in [2.75, 3.05) is 13.7 Å². The summed E-state index contributed by atoms with van der Waals surface area (Å²) in [7, 11) is 1.37. The lowest BCUT2D eigenvalue weighted by molar-refractivity contribution is -0.137. The number of hydrogen-bond donors (Lipinski definition) is 2. The summed E-state index contributed by atoms with van der Waals surface area (Å²) >= 11 is 0. The third-order valence-electron chi connectivity index (χ3n) is 3.99. The van der Waals surface area contributed by atoms with E-state index in [1.54, 1.807) is 0 Å². The van der Waals surface area contributed by atoms with E-state index in [1.165, 1.54) is 25.3 Å². The molecule has 150 valence electrons. The van der Waals surface area contributed by atoms with Crippen molar-refractivity contribution in [3.63, 3.8) is 0 Å². The van der Waals surface area contributed by atoms with E-state index in [9.17, 15) is 27.2 Å². The lowest BCUT2D eigenvalue weighted by Crippen LogP contribution is -2.29. The minimum atomic E-state index is -4.54. The highest BCUT2D eigenvalue weighted by molar-refractivity contribution is 5.88. The summed E-state index contributed by atoms with van der Waals surface area (Å²) in [6.07, 6.45) is -6.41. The molecule has 1 amide bonds. The van der Waals surface area contributed by atoms with Crippen molar-refractivity contribution in [1.29, 1.82) is 0 Å². The van der Waals surface area contributed by atoms with E-state index in [0.29, 0.717) is 23.4 Å². The van der Waals surface area contributed by atoms with Crippen molar-refractivity contribution >= 4 is 11.9 Å². The van der Waals surface area contributed by atoms with Crippen LogP contribution in [0.2, 0.25) is 0 Å². The van der Waals surface area contributed by atoms with E-state index in [2.05, 4.69) is 5.32 Å². The highest BCUT2D eigenvalue weighted by atomic mass is 19.4. The number of alkyl halides is 4. The molecule has 2 N–H and O–H groups in total. The lowest BCUT2D eigenvalue weighted by atomic mass is 10.1. The first kappa shape index (κ1) is 21.2. The van der Waals surface area contributed by atoms with Gasteiger partial charge in [-0.15, -0.1) is 0 Å². The van der Waals surface area contributed by atoms with Gasteiger partial charge in [0.2, 0.25) is 6.17 Å². The van der Waals surface area contributed by atoms with Crippen LogP contribution in [0.3, 0.4) is 0 Å². The van der Waals surface area contributed by atoms with Crippen LogP contribution in [0.4, 0.5) is 17.6 Å². The summed E-state index contributed by atoms with van der Waals surface area (Å²) in [6, 6.07) is 7.49. The Morgan fingerprint density at radius 1 is 1.14 bits per heavy atom. The molecule has 28 heavy (non-hydrogen) atoms. The van der Waals surface area contributed by atoms with Gasteiger partial charge in [-0.2, -0.15) is 13.2 Å². The van der Waals surface area contributed by atoms with Crippen LogP contribution in [-0.2, 0) is 17.4 Å². The average Bonchev–Trinajstić information content (AvgIpc) is 2.66. The number of aromatic carboxylic acids is 1. The number of halogens is 4. The maximum absolute atomic E-state index is 14.2. The predicted molar refractivity (Wildman–Crippen MR) is 92.0 cm³/mol. The van der Waals surface area contributed by atoms with E-state index in [1.807, 2.05) is 0 Å². The first-order valence-corrected chi connectivity index (χ1v) is 8.12. The number of carboxylic acids is 1. The zero-order valence-electron chi connectivity index (χ0n) is 14.7. The van der Waals surface area contributed by atoms with Crippen LogP contribution in [0.25, 0.3) is 0 Å². The number of ether oxygens (including phenoxy) is 1. The van der Waals surface area contributed by atoms with Crippen molar-refractivity contribution in [3.8, 4) is 5.75 Å². The number of hydrogen-bond acceptors (Lipinski definition) is 3. The molecule has 2 aromatic rings. The van der Waals surface area contributed by atoms with Gasteiger partial charge >= 0.3 is 12.1 Å². The second-order valence-electron chi connectivity index (χ2n) is 5.86. The number of amides is 1. The monoisotopic (exact) mass is 399 g/mol. The Bertz CT molecular complexity index is 850. The molecule has 0 heterocycles. The zero-order valence-corrected chi connectivity index (χ0v) is 14.7. The Labute approximate surface area is 157 Å². The Kier molecular flexibility index (Phi) is 6.61. The first-order valence-electron chi connectivity index (χ1n) is 8.12. The molecule has 5 nitrogen and oxygen atoms in total. The number of carbonyl (C=O) groups is 2. The molecule has 2 aromatic carbocycles. The van der Waals surface area contributed by atoms with Crippen molar-refractivity contribution in [1.82, 2.24) is 5.32 Å². The lowest BCUT2D eigenvalue weighted by Gasteiger charge is -2.13. The molecule has 0 aliphatic rings. The van der Waals surface area contributed by atoms with Gasteiger partial charge in [0.1, 0.15) is 5.75 Å². The highest BCUT2D eigenvalue weighted by Crippen LogP contribution is 2.30. The molecule has 0 radical (unpaired) electrons. The summed E-state index contributed by atoms with van der Waals surface area (Å²) < 4.78 is 56.9. The van der Waals surface area contributed by atoms with Gasteiger partial charge in [-0.1, -0.05) is 18.2 Å². The van der Waals surface area contributed by atoms with Crippen molar-refractivity contribution < 1.29 is 37.0 Å². The van der Waals surface area contributed by atoms with Gasteiger partial charge in [0.15, 0.2) is 0 Å². The number of methoxy groups -OCH3 is 1. The fraction of sp³-hybridized carbons (Fsp3) is 0.263. The minimum absolute atomic E-state index is 0.0304. The first-order chi connectivity index (χ1) is 13.1. The summed E-state index contributed by atoms with van der Waals surface area (Å²) in [5.41, 5.74) is -0.469. The van der Waals surface area contributed by atoms with E-state index in [-0.39, 0.29) is 24.1 Å². The third kappa shape index (κ3) is 5.21. The van der Waals surface area contributed by atoms with Crippen molar-refractivity contribution in [3.05, 3.63) is 64.7 Å². The van der Waals surface area contributed by atoms with Crippen LogP contribution in [0, 0.1) is 0 Å². The molecule has 2 rings (SSSR count). The largest absolute Gasteiger partial charge is 0.496 e. The number of carbonyl (C=O) groups excluding carboxylic acids is 1. The summed E-state index contributed by atoms with van der Waals surface area (Å²) in [5, 5.41) is 11.3. The van der Waals surface area contributed by atoms with Crippen LogP contribution >= 0.6 is 0 Å².